The Hall–Kier alpha value is -0.870. The Kier molecular flexibility index (Phi) is 5.42. The van der Waals surface area contributed by atoms with Crippen molar-refractivity contribution in [3.63, 3.8) is 0 Å². The van der Waals surface area contributed by atoms with Gasteiger partial charge in [-0.3, -0.25) is 4.79 Å². The Balaban J connectivity index is 3.71. The van der Waals surface area contributed by atoms with E-state index in [-0.39, 0.29) is 19.1 Å². The Bertz CT molecular complexity index is 141. The molecule has 1 amide bonds. The minimum absolute atomic E-state index is 0.250. The van der Waals surface area contributed by atoms with Gasteiger partial charge in [0.15, 0.2) is 0 Å². The lowest BCUT2D eigenvalue weighted by molar-refractivity contribution is -0.117. The monoisotopic (exact) mass is 159 g/mol. The van der Waals surface area contributed by atoms with Crippen molar-refractivity contribution in [1.29, 1.82) is 0 Å². The molecule has 0 radical (unpaired) electrons. The molecule has 64 valence electrons. The van der Waals surface area contributed by atoms with Crippen LogP contribution in [0.5, 0.6) is 0 Å². The highest BCUT2D eigenvalue weighted by Crippen LogP contribution is 1.80. The van der Waals surface area contributed by atoms with Crippen molar-refractivity contribution in [2.75, 3.05) is 13.2 Å². The van der Waals surface area contributed by atoms with Crippen molar-refractivity contribution in [1.82, 2.24) is 5.32 Å². The summed E-state index contributed by atoms with van der Waals surface area (Å²) >= 11 is 0. The van der Waals surface area contributed by atoms with E-state index in [0.29, 0.717) is 0 Å². The highest BCUT2D eigenvalue weighted by atomic mass is 16.3. The van der Waals surface area contributed by atoms with Gasteiger partial charge in [0.05, 0.1) is 19.3 Å². The largest absolute Gasteiger partial charge is 0.394 e. The van der Waals surface area contributed by atoms with Crippen molar-refractivity contribution in [2.45, 2.75) is 13.0 Å². The molecule has 3 N–H and O–H groups in total. The minimum atomic E-state index is -0.557. The number of hydrogen-bond donors (Lipinski definition) is 3. The molecular weight excluding hydrogens is 146 g/mol. The Morgan fingerprint density at radius 3 is 2.45 bits per heavy atom. The van der Waals surface area contributed by atoms with Gasteiger partial charge in [0.1, 0.15) is 0 Å². The lowest BCUT2D eigenvalue weighted by Gasteiger charge is -2.10. The Labute approximate surface area is 65.5 Å². The number of rotatable bonds is 4. The van der Waals surface area contributed by atoms with Crippen LogP contribution in [0.15, 0.2) is 12.2 Å². The van der Waals surface area contributed by atoms with Gasteiger partial charge >= 0.3 is 0 Å². The van der Waals surface area contributed by atoms with Gasteiger partial charge in [0, 0.05) is 0 Å². The molecule has 0 aliphatic carbocycles. The summed E-state index contributed by atoms with van der Waals surface area (Å²) in [6, 6.07) is -0.557. The number of hydrogen-bond acceptors (Lipinski definition) is 3. The first-order chi connectivity index (χ1) is 5.24. The van der Waals surface area contributed by atoms with Crippen molar-refractivity contribution in [3.8, 4) is 0 Å². The van der Waals surface area contributed by atoms with Gasteiger partial charge in [-0.25, -0.2) is 0 Å². The SMILES string of the molecule is C/C=C/C(=O)NC(CO)CO. The molecule has 4 heteroatoms. The topological polar surface area (TPSA) is 69.6 Å². The number of carbonyl (C=O) groups is 1. The molecule has 0 aromatic rings. The average molecular weight is 159 g/mol. The van der Waals surface area contributed by atoms with Gasteiger partial charge in [0.2, 0.25) is 5.91 Å². The first kappa shape index (κ1) is 10.1. The fourth-order valence-electron chi connectivity index (χ4n) is 0.550. The molecule has 0 spiro atoms. The molecule has 0 bridgehead atoms. The third-order valence-electron chi connectivity index (χ3n) is 1.11. The normalized spacial score (nSPS) is 10.9. The maximum absolute atomic E-state index is 10.8. The Morgan fingerprint density at radius 2 is 2.09 bits per heavy atom. The number of nitrogens with one attached hydrogen (secondary N) is 1. The summed E-state index contributed by atoms with van der Waals surface area (Å²) in [6.45, 7) is 1.21. The van der Waals surface area contributed by atoms with Crippen molar-refractivity contribution >= 4 is 5.91 Å². The molecule has 0 aliphatic heterocycles. The summed E-state index contributed by atoms with van der Waals surface area (Å²) in [7, 11) is 0. The highest BCUT2D eigenvalue weighted by molar-refractivity contribution is 5.87. The summed E-state index contributed by atoms with van der Waals surface area (Å²) in [5, 5.41) is 19.5. The van der Waals surface area contributed by atoms with Crippen LogP contribution in [-0.4, -0.2) is 35.4 Å². The number of amides is 1. The lowest BCUT2D eigenvalue weighted by atomic mass is 10.3. The Morgan fingerprint density at radius 1 is 1.55 bits per heavy atom. The number of aliphatic hydroxyl groups is 2. The van der Waals surface area contributed by atoms with E-state index in [0.717, 1.165) is 0 Å². The van der Waals surface area contributed by atoms with E-state index in [1.54, 1.807) is 13.0 Å². The third-order valence-corrected chi connectivity index (χ3v) is 1.11. The fourth-order valence-corrected chi connectivity index (χ4v) is 0.550. The van der Waals surface area contributed by atoms with Crippen LogP contribution in [0.1, 0.15) is 6.92 Å². The molecule has 0 rings (SSSR count). The summed E-state index contributed by atoms with van der Waals surface area (Å²) in [5.41, 5.74) is 0. The first-order valence-corrected chi connectivity index (χ1v) is 3.39. The van der Waals surface area contributed by atoms with Crippen LogP contribution < -0.4 is 5.32 Å². The molecule has 4 nitrogen and oxygen atoms in total. The summed E-state index contributed by atoms with van der Waals surface area (Å²) in [6.07, 6.45) is 2.92. The zero-order valence-electron chi connectivity index (χ0n) is 6.45. The maximum atomic E-state index is 10.8. The van der Waals surface area contributed by atoms with Gasteiger partial charge in [-0.15, -0.1) is 0 Å². The number of allylic oxidation sites excluding steroid dienone is 1. The predicted molar refractivity (Wildman–Crippen MR) is 40.9 cm³/mol. The number of carbonyl (C=O) groups excluding carboxylic acids is 1. The molecule has 0 aromatic heterocycles. The van der Waals surface area contributed by atoms with Crippen LogP contribution in [0.4, 0.5) is 0 Å². The van der Waals surface area contributed by atoms with Crippen LogP contribution in [-0.2, 0) is 4.79 Å². The van der Waals surface area contributed by atoms with E-state index in [2.05, 4.69) is 5.32 Å². The minimum Gasteiger partial charge on any atom is -0.394 e. The van der Waals surface area contributed by atoms with E-state index in [4.69, 9.17) is 10.2 Å². The second kappa shape index (κ2) is 5.88. The van der Waals surface area contributed by atoms with Crippen LogP contribution in [0.25, 0.3) is 0 Å². The summed E-state index contributed by atoms with van der Waals surface area (Å²) in [5.74, 6) is -0.305. The second-order valence-electron chi connectivity index (χ2n) is 2.07. The summed E-state index contributed by atoms with van der Waals surface area (Å²) in [4.78, 5) is 10.8. The quantitative estimate of drug-likeness (QED) is 0.462. The summed E-state index contributed by atoms with van der Waals surface area (Å²) < 4.78 is 0. The average Bonchev–Trinajstić information content (AvgIpc) is 2.01. The molecule has 0 saturated heterocycles. The van der Waals surface area contributed by atoms with E-state index in [1.807, 2.05) is 0 Å². The smallest absolute Gasteiger partial charge is 0.244 e. The molecule has 0 aliphatic rings. The molecule has 11 heavy (non-hydrogen) atoms. The fraction of sp³-hybridized carbons (Fsp3) is 0.571. The van der Waals surface area contributed by atoms with Crippen molar-refractivity contribution < 1.29 is 15.0 Å². The van der Waals surface area contributed by atoms with Gasteiger partial charge in [0.25, 0.3) is 0 Å². The van der Waals surface area contributed by atoms with E-state index >= 15 is 0 Å². The van der Waals surface area contributed by atoms with Crippen LogP contribution in [0, 0.1) is 0 Å². The predicted octanol–water partition coefficient (Wildman–Crippen LogP) is -0.968. The van der Waals surface area contributed by atoms with Gasteiger partial charge in [-0.1, -0.05) is 6.08 Å². The molecule has 0 saturated carbocycles. The molecule has 0 atom stereocenters. The number of aliphatic hydroxyl groups excluding tert-OH is 2. The molecular formula is C7H13NO3. The third kappa shape index (κ3) is 4.52. The van der Waals surface area contributed by atoms with Crippen molar-refractivity contribution in [3.05, 3.63) is 12.2 Å². The van der Waals surface area contributed by atoms with Crippen LogP contribution >= 0.6 is 0 Å². The van der Waals surface area contributed by atoms with Gasteiger partial charge < -0.3 is 15.5 Å². The van der Waals surface area contributed by atoms with E-state index in [9.17, 15) is 4.79 Å². The van der Waals surface area contributed by atoms with E-state index in [1.165, 1.54) is 6.08 Å². The van der Waals surface area contributed by atoms with Gasteiger partial charge in [-0.2, -0.15) is 0 Å². The zero-order chi connectivity index (χ0) is 8.69. The lowest BCUT2D eigenvalue weighted by Crippen LogP contribution is -2.39. The molecule has 0 fully saturated rings. The molecule has 0 heterocycles. The zero-order valence-corrected chi connectivity index (χ0v) is 6.45. The van der Waals surface area contributed by atoms with Gasteiger partial charge in [-0.05, 0) is 13.0 Å². The van der Waals surface area contributed by atoms with E-state index < -0.39 is 6.04 Å². The van der Waals surface area contributed by atoms with Crippen LogP contribution in [0.3, 0.4) is 0 Å². The second-order valence-corrected chi connectivity index (χ2v) is 2.07. The van der Waals surface area contributed by atoms with Crippen LogP contribution in [0.2, 0.25) is 0 Å². The van der Waals surface area contributed by atoms with Crippen molar-refractivity contribution in [2.24, 2.45) is 0 Å². The highest BCUT2D eigenvalue weighted by Gasteiger charge is 2.06. The maximum Gasteiger partial charge on any atom is 0.244 e. The molecule has 0 aromatic carbocycles. The first-order valence-electron chi connectivity index (χ1n) is 3.39. The standard InChI is InChI=1S/C7H13NO3/c1-2-3-7(11)8-6(4-9)5-10/h2-3,6,9-10H,4-5H2,1H3,(H,8,11)/b3-2+. The molecule has 0 unspecified atom stereocenters.